The minimum Gasteiger partial charge on any atom is -0.512 e. The van der Waals surface area contributed by atoms with Gasteiger partial charge in [-0.25, -0.2) is 4.39 Å². The number of piperidine rings is 1. The van der Waals surface area contributed by atoms with Gasteiger partial charge in [0.15, 0.2) is 0 Å². The van der Waals surface area contributed by atoms with E-state index in [9.17, 15) is 14.3 Å². The van der Waals surface area contributed by atoms with Crippen LogP contribution in [0.1, 0.15) is 43.7 Å². The van der Waals surface area contributed by atoms with Crippen molar-refractivity contribution in [1.29, 1.82) is 0 Å². The number of nitrogens with zero attached hydrogens (tertiary/aromatic N) is 2. The van der Waals surface area contributed by atoms with Crippen LogP contribution < -0.4 is 0 Å². The maximum atomic E-state index is 13.5. The van der Waals surface area contributed by atoms with E-state index in [0.29, 0.717) is 18.5 Å². The summed E-state index contributed by atoms with van der Waals surface area (Å²) in [6.07, 6.45) is 1.50. The zero-order chi connectivity index (χ0) is 20.3. The van der Waals surface area contributed by atoms with Crippen molar-refractivity contribution < 1.29 is 14.3 Å². The molecule has 2 saturated heterocycles. The average Bonchev–Trinajstić information content (AvgIpc) is 3.22. The van der Waals surface area contributed by atoms with Crippen molar-refractivity contribution >= 4 is 17.3 Å². The highest BCUT2D eigenvalue weighted by atomic mass is 19.1. The van der Waals surface area contributed by atoms with E-state index in [1.165, 1.54) is 17.7 Å². The number of aliphatic imine (C=N–C) groups is 1. The summed E-state index contributed by atoms with van der Waals surface area (Å²) in [5.74, 6) is -0.663. The minimum absolute atomic E-state index is 0.0412. The molecule has 1 spiro atoms. The molecule has 3 heterocycles. The van der Waals surface area contributed by atoms with E-state index in [1.54, 1.807) is 19.1 Å². The van der Waals surface area contributed by atoms with Crippen LogP contribution in [-0.2, 0) is 10.2 Å². The van der Waals surface area contributed by atoms with Crippen LogP contribution in [0.15, 0.2) is 64.9 Å². The number of aliphatic hydroxyl groups is 1. The third-order valence-corrected chi connectivity index (χ3v) is 6.97. The van der Waals surface area contributed by atoms with Crippen LogP contribution in [0.4, 0.5) is 10.1 Å². The van der Waals surface area contributed by atoms with E-state index in [1.807, 2.05) is 23.1 Å². The topological polar surface area (TPSA) is 52.9 Å². The highest BCUT2D eigenvalue weighted by Gasteiger charge is 2.58. The number of allylic oxidation sites excluding steroid dienone is 1. The predicted molar refractivity (Wildman–Crippen MR) is 110 cm³/mol. The van der Waals surface area contributed by atoms with Crippen molar-refractivity contribution in [3.8, 4) is 0 Å². The molecule has 3 atom stereocenters. The quantitative estimate of drug-likeness (QED) is 0.562. The monoisotopic (exact) mass is 390 g/mol. The third-order valence-electron chi connectivity index (χ3n) is 6.97. The third kappa shape index (κ3) is 2.43. The van der Waals surface area contributed by atoms with Gasteiger partial charge in [0.1, 0.15) is 5.82 Å². The molecule has 3 aliphatic rings. The number of halogens is 1. The Kier molecular flexibility index (Phi) is 3.92. The summed E-state index contributed by atoms with van der Waals surface area (Å²) in [5.41, 5.74) is 4.20. The second-order valence-corrected chi connectivity index (χ2v) is 8.29. The summed E-state index contributed by atoms with van der Waals surface area (Å²) in [7, 11) is 0. The predicted octanol–water partition coefficient (Wildman–Crippen LogP) is 4.79. The number of hydrogen-bond acceptors (Lipinski definition) is 3. The molecule has 0 unspecified atom stereocenters. The molecule has 1 amide bonds. The zero-order valence-corrected chi connectivity index (χ0v) is 16.5. The molecule has 5 heteroatoms. The molecule has 2 fully saturated rings. The van der Waals surface area contributed by atoms with Crippen LogP contribution in [0.5, 0.6) is 0 Å². The highest BCUT2D eigenvalue weighted by molar-refractivity contribution is 6.04. The van der Waals surface area contributed by atoms with Crippen molar-refractivity contribution in [1.82, 2.24) is 4.90 Å². The van der Waals surface area contributed by atoms with Crippen LogP contribution in [0.3, 0.4) is 0 Å². The van der Waals surface area contributed by atoms with E-state index in [4.69, 9.17) is 4.99 Å². The molecule has 3 aliphatic heterocycles. The number of benzene rings is 2. The fraction of sp³-hybridized carbons (Fsp3) is 0.333. The van der Waals surface area contributed by atoms with Gasteiger partial charge in [-0.05, 0) is 56.0 Å². The minimum atomic E-state index is -0.311. The molecular formula is C24H23FN2O2. The van der Waals surface area contributed by atoms with Crippen molar-refractivity contribution in [3.05, 3.63) is 76.8 Å². The van der Waals surface area contributed by atoms with Gasteiger partial charge in [0, 0.05) is 24.2 Å². The van der Waals surface area contributed by atoms with Crippen LogP contribution in [-0.4, -0.2) is 34.2 Å². The molecule has 29 heavy (non-hydrogen) atoms. The Balaban J connectivity index is 1.64. The van der Waals surface area contributed by atoms with Crippen molar-refractivity contribution in [3.63, 3.8) is 0 Å². The molecule has 148 valence electrons. The number of carbonyl (C=O) groups is 1. The van der Waals surface area contributed by atoms with Gasteiger partial charge in [0.05, 0.1) is 22.4 Å². The molecule has 2 aromatic carbocycles. The number of carbonyl (C=O) groups excluding carboxylic acids is 1. The molecule has 0 bridgehead atoms. The summed E-state index contributed by atoms with van der Waals surface area (Å²) < 4.78 is 13.5. The number of aliphatic hydroxyl groups excluding tert-OH is 1. The molecule has 0 saturated carbocycles. The second kappa shape index (κ2) is 6.28. The number of fused-ring (bicyclic) bond motifs is 4. The number of para-hydroxylation sites is 1. The maximum absolute atomic E-state index is 13.5. The van der Waals surface area contributed by atoms with Gasteiger partial charge in [-0.15, -0.1) is 0 Å². The lowest BCUT2D eigenvalue weighted by Gasteiger charge is -2.43. The van der Waals surface area contributed by atoms with Gasteiger partial charge in [-0.3, -0.25) is 9.79 Å². The summed E-state index contributed by atoms with van der Waals surface area (Å²) in [5, 5.41) is 10.4. The smallest absolute Gasteiger partial charge is 0.254 e. The first kappa shape index (κ1) is 18.1. The fourth-order valence-electron chi connectivity index (χ4n) is 5.67. The Bertz CT molecular complexity index is 1070. The molecule has 0 radical (unpaired) electrons. The highest BCUT2D eigenvalue weighted by Crippen LogP contribution is 2.54. The standard InChI is InChI=1S/C24H23FN2O2/c1-14(28)22-18(16-7-9-17(25)10-8-16)13-21-24(11-12-27(21)23(22)29)15(2)26-20-6-4-3-5-19(20)24/h3-10,18,21,28H,11-13H2,1-2H3/b22-14-/t18-,21-,24-/m0/s1. The lowest BCUT2D eigenvalue weighted by molar-refractivity contribution is -0.130. The molecule has 0 aromatic heterocycles. The first-order valence-electron chi connectivity index (χ1n) is 10.0. The van der Waals surface area contributed by atoms with E-state index >= 15 is 0 Å². The van der Waals surface area contributed by atoms with Crippen molar-refractivity contribution in [2.45, 2.75) is 44.1 Å². The zero-order valence-electron chi connectivity index (χ0n) is 16.5. The Labute approximate surface area is 169 Å². The number of hydrogen-bond donors (Lipinski definition) is 1. The normalized spacial score (nSPS) is 29.7. The van der Waals surface area contributed by atoms with Crippen LogP contribution >= 0.6 is 0 Å². The summed E-state index contributed by atoms with van der Waals surface area (Å²) in [6, 6.07) is 14.4. The van der Waals surface area contributed by atoms with Crippen molar-refractivity contribution in [2.75, 3.05) is 6.54 Å². The lowest BCUT2D eigenvalue weighted by atomic mass is 9.67. The Morgan fingerprint density at radius 3 is 2.66 bits per heavy atom. The molecule has 1 N–H and O–H groups in total. The molecule has 0 aliphatic carbocycles. The summed E-state index contributed by atoms with van der Waals surface area (Å²) in [4.78, 5) is 20.2. The Hall–Kier alpha value is -2.95. The van der Waals surface area contributed by atoms with Crippen LogP contribution in [0, 0.1) is 5.82 Å². The van der Waals surface area contributed by atoms with Gasteiger partial charge in [-0.2, -0.15) is 0 Å². The lowest BCUT2D eigenvalue weighted by Crippen LogP contribution is -2.52. The van der Waals surface area contributed by atoms with E-state index in [2.05, 4.69) is 13.0 Å². The van der Waals surface area contributed by atoms with Crippen LogP contribution in [0.25, 0.3) is 0 Å². The van der Waals surface area contributed by atoms with Crippen LogP contribution in [0.2, 0.25) is 0 Å². The summed E-state index contributed by atoms with van der Waals surface area (Å²) in [6.45, 7) is 4.26. The van der Waals surface area contributed by atoms with Gasteiger partial charge >= 0.3 is 0 Å². The fourth-order valence-corrected chi connectivity index (χ4v) is 5.67. The number of amides is 1. The molecule has 2 aromatic rings. The Morgan fingerprint density at radius 1 is 1.21 bits per heavy atom. The number of rotatable bonds is 1. The van der Waals surface area contributed by atoms with E-state index < -0.39 is 0 Å². The van der Waals surface area contributed by atoms with Gasteiger partial charge in [0.2, 0.25) is 0 Å². The van der Waals surface area contributed by atoms with E-state index in [0.717, 1.165) is 23.4 Å². The summed E-state index contributed by atoms with van der Waals surface area (Å²) >= 11 is 0. The van der Waals surface area contributed by atoms with Gasteiger partial charge in [0.25, 0.3) is 5.91 Å². The largest absolute Gasteiger partial charge is 0.512 e. The molecule has 4 nitrogen and oxygen atoms in total. The average molecular weight is 390 g/mol. The van der Waals surface area contributed by atoms with Crippen molar-refractivity contribution in [2.24, 2.45) is 4.99 Å². The van der Waals surface area contributed by atoms with Gasteiger partial charge < -0.3 is 10.0 Å². The molecule has 5 rings (SSSR count). The Morgan fingerprint density at radius 2 is 1.93 bits per heavy atom. The molecular weight excluding hydrogens is 367 g/mol. The second-order valence-electron chi connectivity index (χ2n) is 8.29. The van der Waals surface area contributed by atoms with Gasteiger partial charge in [-0.1, -0.05) is 30.3 Å². The first-order valence-corrected chi connectivity index (χ1v) is 10.0. The maximum Gasteiger partial charge on any atom is 0.254 e. The first-order chi connectivity index (χ1) is 13.9. The SMILES string of the molecule is CC1=Nc2ccccc2[C@]12CCN1C(=O)/C(=C(/C)O)[C@H](c3ccc(F)cc3)C[C@H]12. The van der Waals surface area contributed by atoms with E-state index in [-0.39, 0.29) is 34.9 Å².